The van der Waals surface area contributed by atoms with E-state index in [9.17, 15) is 22.8 Å². The first kappa shape index (κ1) is 16.5. The van der Waals surface area contributed by atoms with Crippen molar-refractivity contribution in [1.82, 2.24) is 0 Å². The summed E-state index contributed by atoms with van der Waals surface area (Å²) in [6.45, 7) is 1.68. The third-order valence-corrected chi connectivity index (χ3v) is 2.37. The summed E-state index contributed by atoms with van der Waals surface area (Å²) >= 11 is 0. The highest BCUT2D eigenvalue weighted by atomic mass is 19.4. The van der Waals surface area contributed by atoms with Crippen molar-refractivity contribution in [2.45, 2.75) is 19.7 Å². The van der Waals surface area contributed by atoms with E-state index in [1.807, 2.05) is 0 Å². The number of nitrogens with zero attached hydrogens (tertiary/aromatic N) is 1. The van der Waals surface area contributed by atoms with Gasteiger partial charge in [-0.15, -0.1) is 13.2 Å². The fraction of sp³-hybridized carbons (Fsp3) is 0.308. The molecule has 0 fully saturated rings. The van der Waals surface area contributed by atoms with Crippen LogP contribution >= 0.6 is 0 Å². The standard InChI is InChI=1S/C13H10F3NO4/c1-2-20-12(19)5-11-8(6-17)3-10(4-9(11)7-18)21-13(14,15)16/h3-4,7H,2,5H2,1H3. The smallest absolute Gasteiger partial charge is 0.466 e. The Hall–Kier alpha value is -2.56. The van der Waals surface area contributed by atoms with Gasteiger partial charge in [0, 0.05) is 5.56 Å². The van der Waals surface area contributed by atoms with E-state index in [0.717, 1.165) is 12.1 Å². The van der Waals surface area contributed by atoms with Crippen molar-refractivity contribution in [2.75, 3.05) is 6.61 Å². The van der Waals surface area contributed by atoms with E-state index in [2.05, 4.69) is 9.47 Å². The van der Waals surface area contributed by atoms with Crippen molar-refractivity contribution in [1.29, 1.82) is 5.26 Å². The summed E-state index contributed by atoms with van der Waals surface area (Å²) < 4.78 is 44.8. The van der Waals surface area contributed by atoms with Gasteiger partial charge in [0.05, 0.1) is 24.7 Å². The van der Waals surface area contributed by atoms with E-state index in [-0.39, 0.29) is 29.6 Å². The number of benzene rings is 1. The lowest BCUT2D eigenvalue weighted by atomic mass is 9.99. The van der Waals surface area contributed by atoms with Gasteiger partial charge in [0.1, 0.15) is 5.75 Å². The van der Waals surface area contributed by atoms with Crippen LogP contribution in [0, 0.1) is 11.3 Å². The number of carbonyl (C=O) groups excluding carboxylic acids is 2. The molecule has 0 atom stereocenters. The van der Waals surface area contributed by atoms with E-state index in [4.69, 9.17) is 5.26 Å². The van der Waals surface area contributed by atoms with Crippen LogP contribution in [-0.2, 0) is 16.0 Å². The number of carbonyl (C=O) groups is 2. The molecule has 0 aliphatic heterocycles. The van der Waals surface area contributed by atoms with Crippen molar-refractivity contribution in [3.05, 3.63) is 28.8 Å². The molecule has 0 unspecified atom stereocenters. The van der Waals surface area contributed by atoms with Crippen molar-refractivity contribution >= 4 is 12.3 Å². The van der Waals surface area contributed by atoms with E-state index in [1.54, 1.807) is 13.0 Å². The molecule has 0 spiro atoms. The Morgan fingerprint density at radius 2 is 2.10 bits per heavy atom. The van der Waals surface area contributed by atoms with Gasteiger partial charge in [0.15, 0.2) is 6.29 Å². The summed E-state index contributed by atoms with van der Waals surface area (Å²) in [6, 6.07) is 3.26. The lowest BCUT2D eigenvalue weighted by Crippen LogP contribution is -2.18. The molecule has 0 N–H and O–H groups in total. The van der Waals surface area contributed by atoms with Crippen LogP contribution in [0.4, 0.5) is 13.2 Å². The second kappa shape index (κ2) is 6.74. The van der Waals surface area contributed by atoms with Crippen molar-refractivity contribution < 1.29 is 32.2 Å². The highest BCUT2D eigenvalue weighted by Crippen LogP contribution is 2.27. The number of hydrogen-bond acceptors (Lipinski definition) is 5. The van der Waals surface area contributed by atoms with E-state index in [0.29, 0.717) is 0 Å². The minimum absolute atomic E-state index is 0.000439. The number of nitriles is 1. The predicted octanol–water partition coefficient (Wildman–Crippen LogP) is 2.37. The van der Waals surface area contributed by atoms with Gasteiger partial charge in [-0.2, -0.15) is 5.26 Å². The van der Waals surface area contributed by atoms with Crippen LogP contribution in [0.3, 0.4) is 0 Å². The fourth-order valence-corrected chi connectivity index (χ4v) is 1.62. The fourth-order valence-electron chi connectivity index (χ4n) is 1.62. The summed E-state index contributed by atoms with van der Waals surface area (Å²) in [4.78, 5) is 22.4. The molecule has 0 saturated carbocycles. The van der Waals surface area contributed by atoms with Gasteiger partial charge < -0.3 is 9.47 Å². The number of hydrogen-bond donors (Lipinski definition) is 0. The molecule has 1 aromatic rings. The molecule has 8 heteroatoms. The topological polar surface area (TPSA) is 76.4 Å². The molecule has 0 aliphatic rings. The monoisotopic (exact) mass is 301 g/mol. The number of alkyl halides is 3. The first-order valence-corrected chi connectivity index (χ1v) is 5.74. The molecule has 5 nitrogen and oxygen atoms in total. The van der Waals surface area contributed by atoms with Crippen molar-refractivity contribution in [2.24, 2.45) is 0 Å². The molecule has 0 heterocycles. The van der Waals surface area contributed by atoms with Crippen LogP contribution in [0.5, 0.6) is 5.75 Å². The van der Waals surface area contributed by atoms with Gasteiger partial charge in [-0.3, -0.25) is 9.59 Å². The summed E-state index contributed by atoms with van der Waals surface area (Å²) in [6.07, 6.45) is -5.09. The Bertz CT molecular complexity index is 590. The van der Waals surface area contributed by atoms with E-state index >= 15 is 0 Å². The molecule has 1 aromatic carbocycles. The van der Waals surface area contributed by atoms with Crippen LogP contribution in [0.25, 0.3) is 0 Å². The maximum absolute atomic E-state index is 12.2. The molecule has 0 aromatic heterocycles. The molecule has 0 aliphatic carbocycles. The molecule has 1 rings (SSSR count). The highest BCUT2D eigenvalue weighted by molar-refractivity contribution is 5.84. The predicted molar refractivity (Wildman–Crippen MR) is 63.6 cm³/mol. The lowest BCUT2D eigenvalue weighted by molar-refractivity contribution is -0.274. The molecule has 0 amide bonds. The molecule has 0 saturated heterocycles. The molecule has 112 valence electrons. The Kier molecular flexibility index (Phi) is 5.30. The third-order valence-electron chi connectivity index (χ3n) is 2.37. The van der Waals surface area contributed by atoms with Crippen LogP contribution in [0.1, 0.15) is 28.4 Å². The zero-order chi connectivity index (χ0) is 16.0. The van der Waals surface area contributed by atoms with Gasteiger partial charge in [0.2, 0.25) is 0 Å². The molecular formula is C13H10F3NO4. The van der Waals surface area contributed by atoms with Gasteiger partial charge in [0.25, 0.3) is 0 Å². The average Bonchev–Trinajstić information content (AvgIpc) is 2.38. The number of ether oxygens (including phenoxy) is 2. The van der Waals surface area contributed by atoms with E-state index < -0.39 is 24.5 Å². The first-order chi connectivity index (χ1) is 9.80. The maximum Gasteiger partial charge on any atom is 0.573 e. The summed E-state index contributed by atoms with van der Waals surface area (Å²) in [5, 5.41) is 8.95. The maximum atomic E-state index is 12.2. The average molecular weight is 301 g/mol. The summed E-state index contributed by atoms with van der Waals surface area (Å²) in [7, 11) is 0. The minimum Gasteiger partial charge on any atom is -0.466 e. The van der Waals surface area contributed by atoms with Crippen molar-refractivity contribution in [3.63, 3.8) is 0 Å². The lowest BCUT2D eigenvalue weighted by Gasteiger charge is -2.12. The van der Waals surface area contributed by atoms with Gasteiger partial charge >= 0.3 is 12.3 Å². The minimum atomic E-state index is -4.95. The zero-order valence-corrected chi connectivity index (χ0v) is 10.9. The Labute approximate surface area is 117 Å². The molecule has 0 radical (unpaired) electrons. The van der Waals surface area contributed by atoms with Gasteiger partial charge in [-0.25, -0.2) is 0 Å². The summed E-state index contributed by atoms with van der Waals surface area (Å²) in [5.74, 6) is -1.39. The quantitative estimate of drug-likeness (QED) is 0.616. The first-order valence-electron chi connectivity index (χ1n) is 5.74. The third kappa shape index (κ3) is 4.80. The van der Waals surface area contributed by atoms with Gasteiger partial charge in [-0.05, 0) is 24.6 Å². The van der Waals surface area contributed by atoms with Crippen LogP contribution in [0.2, 0.25) is 0 Å². The highest BCUT2D eigenvalue weighted by Gasteiger charge is 2.31. The molecular weight excluding hydrogens is 291 g/mol. The number of halogens is 3. The SMILES string of the molecule is CCOC(=O)Cc1c(C#N)cc(OC(F)(F)F)cc1C=O. The van der Waals surface area contributed by atoms with E-state index in [1.165, 1.54) is 0 Å². The zero-order valence-electron chi connectivity index (χ0n) is 10.9. The number of esters is 1. The Morgan fingerprint density at radius 1 is 1.43 bits per heavy atom. The number of rotatable bonds is 5. The van der Waals surface area contributed by atoms with Crippen LogP contribution in [-0.4, -0.2) is 25.2 Å². The van der Waals surface area contributed by atoms with Gasteiger partial charge in [-0.1, -0.05) is 0 Å². The van der Waals surface area contributed by atoms with Crippen LogP contribution in [0.15, 0.2) is 12.1 Å². The Balaban J connectivity index is 3.22. The van der Waals surface area contributed by atoms with Crippen molar-refractivity contribution in [3.8, 4) is 11.8 Å². The number of aldehydes is 1. The molecule has 21 heavy (non-hydrogen) atoms. The summed E-state index contributed by atoms with van der Waals surface area (Å²) in [5.41, 5.74) is -0.492. The van der Waals surface area contributed by atoms with Crippen LogP contribution < -0.4 is 4.74 Å². The normalized spacial score (nSPS) is 10.6. The Morgan fingerprint density at radius 3 is 2.57 bits per heavy atom. The second-order valence-corrected chi connectivity index (χ2v) is 3.80. The second-order valence-electron chi connectivity index (χ2n) is 3.80. The largest absolute Gasteiger partial charge is 0.573 e. The molecule has 0 bridgehead atoms.